The third kappa shape index (κ3) is 2.98. The highest BCUT2D eigenvalue weighted by atomic mass is 79.9. The summed E-state index contributed by atoms with van der Waals surface area (Å²) in [6.45, 7) is 3.55. The van der Waals surface area contributed by atoms with Gasteiger partial charge in [-0.15, -0.1) is 0 Å². The fourth-order valence-corrected chi connectivity index (χ4v) is 4.59. The van der Waals surface area contributed by atoms with Crippen LogP contribution >= 0.6 is 15.9 Å². The van der Waals surface area contributed by atoms with Crippen molar-refractivity contribution in [3.8, 4) is 0 Å². The Bertz CT molecular complexity index is 686. The SMILES string of the molecule is CC1(C)C(O)CC1NS(=O)(=O)c1cc(C(=O)O)ccc1Br. The van der Waals surface area contributed by atoms with Crippen LogP contribution in [0.15, 0.2) is 27.6 Å². The third-order valence-electron chi connectivity index (χ3n) is 3.98. The fraction of sp³-hybridized carbons (Fsp3) is 0.462. The summed E-state index contributed by atoms with van der Waals surface area (Å²) in [4.78, 5) is 10.8. The van der Waals surface area contributed by atoms with Crippen molar-refractivity contribution >= 4 is 31.9 Å². The maximum atomic E-state index is 12.4. The molecule has 1 aromatic carbocycles. The van der Waals surface area contributed by atoms with Gasteiger partial charge in [-0.2, -0.15) is 0 Å². The smallest absolute Gasteiger partial charge is 0.335 e. The van der Waals surface area contributed by atoms with E-state index < -0.39 is 33.6 Å². The Labute approximate surface area is 131 Å². The van der Waals surface area contributed by atoms with Gasteiger partial charge in [0.1, 0.15) is 0 Å². The van der Waals surface area contributed by atoms with E-state index >= 15 is 0 Å². The van der Waals surface area contributed by atoms with Gasteiger partial charge >= 0.3 is 5.97 Å². The minimum atomic E-state index is -3.87. The lowest BCUT2D eigenvalue weighted by Gasteiger charge is -2.49. The van der Waals surface area contributed by atoms with E-state index in [2.05, 4.69) is 20.7 Å². The Morgan fingerprint density at radius 2 is 2.05 bits per heavy atom. The first kappa shape index (κ1) is 16.4. The molecule has 0 saturated heterocycles. The van der Waals surface area contributed by atoms with E-state index in [1.165, 1.54) is 12.1 Å². The van der Waals surface area contributed by atoms with Crippen LogP contribution in [0.25, 0.3) is 0 Å². The van der Waals surface area contributed by atoms with Gasteiger partial charge in [-0.3, -0.25) is 0 Å². The highest BCUT2D eigenvalue weighted by Gasteiger charge is 2.49. The molecule has 2 atom stereocenters. The zero-order valence-electron chi connectivity index (χ0n) is 11.5. The Hall–Kier alpha value is -0.960. The van der Waals surface area contributed by atoms with Crippen LogP contribution in [0.3, 0.4) is 0 Å². The van der Waals surface area contributed by atoms with Crippen LogP contribution in [-0.4, -0.2) is 36.7 Å². The lowest BCUT2D eigenvalue weighted by atomic mass is 9.65. The molecule has 6 nitrogen and oxygen atoms in total. The molecule has 1 aliphatic carbocycles. The molecule has 1 aliphatic rings. The molecular formula is C13H16BrNO5S. The highest BCUT2D eigenvalue weighted by molar-refractivity contribution is 9.10. The van der Waals surface area contributed by atoms with Crippen LogP contribution in [0.1, 0.15) is 30.6 Å². The Morgan fingerprint density at radius 3 is 2.52 bits per heavy atom. The van der Waals surface area contributed by atoms with Crippen LogP contribution < -0.4 is 4.72 Å². The van der Waals surface area contributed by atoms with Gasteiger partial charge in [0.25, 0.3) is 0 Å². The summed E-state index contributed by atoms with van der Waals surface area (Å²) in [7, 11) is -3.87. The predicted molar refractivity (Wildman–Crippen MR) is 79.6 cm³/mol. The molecule has 1 aromatic rings. The van der Waals surface area contributed by atoms with Crippen LogP contribution in [0.4, 0.5) is 0 Å². The average Bonchev–Trinajstić information content (AvgIpc) is 2.38. The number of carboxylic acid groups (broad SMARTS) is 1. The minimum absolute atomic E-state index is 0.105. The topological polar surface area (TPSA) is 104 Å². The average molecular weight is 378 g/mol. The normalized spacial score (nSPS) is 24.4. The molecule has 1 fully saturated rings. The number of halogens is 1. The van der Waals surface area contributed by atoms with Crippen molar-refractivity contribution in [2.75, 3.05) is 0 Å². The summed E-state index contributed by atoms with van der Waals surface area (Å²) in [5.41, 5.74) is -0.657. The number of aliphatic hydroxyl groups excluding tert-OH is 1. The van der Waals surface area contributed by atoms with Crippen LogP contribution in [0, 0.1) is 5.41 Å². The summed E-state index contributed by atoms with van der Waals surface area (Å²) in [6.07, 6.45) is -0.221. The summed E-state index contributed by atoms with van der Waals surface area (Å²) in [6, 6.07) is 3.43. The van der Waals surface area contributed by atoms with E-state index in [9.17, 15) is 18.3 Å². The number of hydrogen-bond acceptors (Lipinski definition) is 4. The van der Waals surface area contributed by atoms with Gasteiger partial charge in [0.15, 0.2) is 0 Å². The third-order valence-corrected chi connectivity index (χ3v) is 6.45. The van der Waals surface area contributed by atoms with E-state index in [4.69, 9.17) is 5.11 Å². The van der Waals surface area contributed by atoms with Crippen molar-refractivity contribution in [3.63, 3.8) is 0 Å². The number of carbonyl (C=O) groups is 1. The van der Waals surface area contributed by atoms with Crippen molar-refractivity contribution in [1.82, 2.24) is 4.72 Å². The molecule has 3 N–H and O–H groups in total. The number of hydrogen-bond donors (Lipinski definition) is 3. The minimum Gasteiger partial charge on any atom is -0.478 e. The van der Waals surface area contributed by atoms with Crippen molar-refractivity contribution in [3.05, 3.63) is 28.2 Å². The van der Waals surface area contributed by atoms with Crippen molar-refractivity contribution in [1.29, 1.82) is 0 Å². The quantitative estimate of drug-likeness (QED) is 0.738. The van der Waals surface area contributed by atoms with Crippen molar-refractivity contribution < 1.29 is 23.4 Å². The number of aromatic carboxylic acids is 1. The van der Waals surface area contributed by atoms with Crippen LogP contribution in [0.2, 0.25) is 0 Å². The first-order valence-corrected chi connectivity index (χ1v) is 8.56. The molecule has 116 valence electrons. The summed E-state index contributed by atoms with van der Waals surface area (Å²) in [5, 5.41) is 18.6. The van der Waals surface area contributed by atoms with Crippen molar-refractivity contribution in [2.45, 2.75) is 37.3 Å². The predicted octanol–water partition coefficient (Wildman–Crippen LogP) is 1.59. The van der Waals surface area contributed by atoms with Gasteiger partial charge in [0, 0.05) is 15.9 Å². The molecule has 0 heterocycles. The van der Waals surface area contributed by atoms with E-state index in [1.54, 1.807) is 13.8 Å². The first-order chi connectivity index (χ1) is 9.55. The maximum absolute atomic E-state index is 12.4. The van der Waals surface area contributed by atoms with Gasteiger partial charge in [-0.05, 0) is 40.5 Å². The molecule has 0 aromatic heterocycles. The number of sulfonamides is 1. The van der Waals surface area contributed by atoms with Crippen LogP contribution in [0.5, 0.6) is 0 Å². The molecule has 8 heteroatoms. The van der Waals surface area contributed by atoms with Crippen molar-refractivity contribution in [2.24, 2.45) is 5.41 Å². The number of rotatable bonds is 4. The first-order valence-electron chi connectivity index (χ1n) is 6.29. The summed E-state index contributed by atoms with van der Waals surface area (Å²) < 4.78 is 27.6. The number of carboxylic acids is 1. The van der Waals surface area contributed by atoms with Gasteiger partial charge in [-0.25, -0.2) is 17.9 Å². The Morgan fingerprint density at radius 1 is 1.43 bits per heavy atom. The zero-order chi connectivity index (χ0) is 16.0. The molecule has 0 radical (unpaired) electrons. The standard InChI is InChI=1S/C13H16BrNO5S/c1-13(2)10(6-11(13)16)15-21(19,20)9-5-7(12(17)18)3-4-8(9)14/h3-5,10-11,15-16H,6H2,1-2H3,(H,17,18). The van der Waals surface area contributed by atoms with E-state index in [0.29, 0.717) is 6.42 Å². The molecular weight excluding hydrogens is 362 g/mol. The van der Waals surface area contributed by atoms with E-state index in [-0.39, 0.29) is 14.9 Å². The van der Waals surface area contributed by atoms with Gasteiger partial charge < -0.3 is 10.2 Å². The second-order valence-electron chi connectivity index (χ2n) is 5.70. The summed E-state index contributed by atoms with van der Waals surface area (Å²) >= 11 is 3.12. The van der Waals surface area contributed by atoms with Crippen LogP contribution in [-0.2, 0) is 10.0 Å². The molecule has 0 aliphatic heterocycles. The molecule has 0 spiro atoms. The van der Waals surface area contributed by atoms with E-state index in [0.717, 1.165) is 6.07 Å². The summed E-state index contributed by atoms with van der Waals surface area (Å²) in [5.74, 6) is -1.20. The molecule has 2 rings (SSSR count). The van der Waals surface area contributed by atoms with Gasteiger partial charge in [0.05, 0.1) is 16.6 Å². The van der Waals surface area contributed by atoms with Gasteiger partial charge in [0.2, 0.25) is 10.0 Å². The number of nitrogens with one attached hydrogen (secondary N) is 1. The number of benzene rings is 1. The maximum Gasteiger partial charge on any atom is 0.335 e. The number of aliphatic hydroxyl groups is 1. The second kappa shape index (κ2) is 5.35. The largest absolute Gasteiger partial charge is 0.478 e. The fourth-order valence-electron chi connectivity index (χ4n) is 2.20. The Kier molecular flexibility index (Phi) is 4.18. The molecule has 21 heavy (non-hydrogen) atoms. The highest BCUT2D eigenvalue weighted by Crippen LogP contribution is 2.41. The molecule has 1 saturated carbocycles. The molecule has 0 amide bonds. The lowest BCUT2D eigenvalue weighted by Crippen LogP contribution is -2.61. The monoisotopic (exact) mass is 377 g/mol. The molecule has 0 bridgehead atoms. The Balaban J connectivity index is 2.32. The lowest BCUT2D eigenvalue weighted by molar-refractivity contribution is -0.0645. The molecule has 2 unspecified atom stereocenters. The van der Waals surface area contributed by atoms with Gasteiger partial charge in [-0.1, -0.05) is 13.8 Å². The van der Waals surface area contributed by atoms with E-state index in [1.807, 2.05) is 0 Å². The second-order valence-corrected chi connectivity index (χ2v) is 8.23. The zero-order valence-corrected chi connectivity index (χ0v) is 13.9.